The number of unbranched alkanes of at least 4 members (excludes halogenated alkanes) is 1. The molecule has 1 aromatic carbocycles. The number of benzene rings is 1. The van der Waals surface area contributed by atoms with E-state index in [0.717, 1.165) is 65.4 Å². The average molecular weight is 432 g/mol. The fourth-order valence-corrected chi connectivity index (χ4v) is 7.74. The van der Waals surface area contributed by atoms with Gasteiger partial charge in [0.25, 0.3) is 0 Å². The summed E-state index contributed by atoms with van der Waals surface area (Å²) in [6.07, 6.45) is 4.52. The highest BCUT2D eigenvalue weighted by Crippen LogP contribution is 2.41. The van der Waals surface area contributed by atoms with E-state index in [0.29, 0.717) is 5.41 Å². The number of aryl methyl sites for hydroxylation is 1. The van der Waals surface area contributed by atoms with E-state index in [-0.39, 0.29) is 6.10 Å². The Bertz CT molecular complexity index is 581. The highest BCUT2D eigenvalue weighted by Gasteiger charge is 2.35. The maximum Gasteiger partial charge on any atom is 0.192 e. The fourth-order valence-electron chi connectivity index (χ4n) is 4.06. The lowest BCUT2D eigenvalue weighted by molar-refractivity contribution is -0.106. The molecule has 27 heavy (non-hydrogen) atoms. The maximum atomic E-state index is 6.89. The smallest absolute Gasteiger partial charge is 0.192 e. The number of hydrogen-bond acceptors (Lipinski definition) is 2. The van der Waals surface area contributed by atoms with Gasteiger partial charge in [0, 0.05) is 21.0 Å². The van der Waals surface area contributed by atoms with Crippen LogP contribution in [0, 0.1) is 12.3 Å². The summed E-state index contributed by atoms with van der Waals surface area (Å²) >= 11 is 13.3. The Labute approximate surface area is 177 Å². The number of rotatable bonds is 11. The van der Waals surface area contributed by atoms with Gasteiger partial charge >= 0.3 is 0 Å². The first kappa shape index (κ1) is 23.2. The molecular weight excluding hydrogens is 395 g/mol. The molecule has 5 heteroatoms. The zero-order valence-electron chi connectivity index (χ0n) is 17.7. The van der Waals surface area contributed by atoms with Crippen molar-refractivity contribution in [1.82, 2.24) is 0 Å². The van der Waals surface area contributed by atoms with Crippen LogP contribution < -0.4 is 0 Å². The van der Waals surface area contributed by atoms with E-state index in [1.807, 2.05) is 19.1 Å². The van der Waals surface area contributed by atoms with Gasteiger partial charge in [0.1, 0.15) is 0 Å². The Morgan fingerprint density at radius 3 is 2.07 bits per heavy atom. The first-order valence-corrected chi connectivity index (χ1v) is 13.8. The van der Waals surface area contributed by atoms with E-state index in [9.17, 15) is 0 Å². The number of ether oxygens (including phenoxy) is 1. The molecule has 0 spiro atoms. The minimum absolute atomic E-state index is 0.00237. The van der Waals surface area contributed by atoms with Gasteiger partial charge in [-0.05, 0) is 55.6 Å². The molecule has 1 aliphatic rings. The van der Waals surface area contributed by atoms with Gasteiger partial charge in [-0.15, -0.1) is 0 Å². The summed E-state index contributed by atoms with van der Waals surface area (Å²) in [7, 11) is -1.75. The Morgan fingerprint density at radius 1 is 1.07 bits per heavy atom. The van der Waals surface area contributed by atoms with Crippen molar-refractivity contribution in [3.05, 3.63) is 33.3 Å². The van der Waals surface area contributed by atoms with E-state index in [4.69, 9.17) is 32.4 Å². The molecule has 1 atom stereocenters. The Balaban J connectivity index is 2.15. The normalized spacial score (nSPS) is 17.6. The third-order valence-corrected chi connectivity index (χ3v) is 11.5. The molecule has 1 fully saturated rings. The van der Waals surface area contributed by atoms with Crippen LogP contribution in [0.4, 0.5) is 0 Å². The van der Waals surface area contributed by atoms with Crippen LogP contribution in [-0.2, 0) is 9.16 Å². The summed E-state index contributed by atoms with van der Waals surface area (Å²) in [6.45, 7) is 13.0. The summed E-state index contributed by atoms with van der Waals surface area (Å²) in [4.78, 5) is 0. The van der Waals surface area contributed by atoms with Gasteiger partial charge in [-0.25, -0.2) is 0 Å². The highest BCUT2D eigenvalue weighted by molar-refractivity contribution is 6.73. The molecule has 1 aliphatic heterocycles. The Kier molecular flexibility index (Phi) is 8.70. The number of hydrogen-bond donors (Lipinski definition) is 0. The summed E-state index contributed by atoms with van der Waals surface area (Å²) in [5, 5.41) is 1.49. The molecule has 1 aromatic rings. The summed E-state index contributed by atoms with van der Waals surface area (Å²) < 4.78 is 12.3. The third kappa shape index (κ3) is 5.96. The first-order chi connectivity index (χ1) is 12.8. The average Bonchev–Trinajstić information content (AvgIpc) is 2.60. The van der Waals surface area contributed by atoms with Gasteiger partial charge in [-0.2, -0.15) is 0 Å². The molecule has 1 saturated heterocycles. The lowest BCUT2D eigenvalue weighted by atomic mass is 9.83. The van der Waals surface area contributed by atoms with Gasteiger partial charge < -0.3 is 9.16 Å². The van der Waals surface area contributed by atoms with E-state index >= 15 is 0 Å². The molecule has 0 aromatic heterocycles. The highest BCUT2D eigenvalue weighted by atomic mass is 35.5. The Hall–Kier alpha value is -0.0631. The second kappa shape index (κ2) is 10.1. The van der Waals surface area contributed by atoms with Crippen molar-refractivity contribution in [2.75, 3.05) is 13.2 Å². The molecule has 0 amide bonds. The van der Waals surface area contributed by atoms with Crippen molar-refractivity contribution in [2.45, 2.75) is 84.5 Å². The van der Waals surface area contributed by atoms with Crippen LogP contribution in [0.1, 0.15) is 70.6 Å². The van der Waals surface area contributed by atoms with Crippen molar-refractivity contribution in [1.29, 1.82) is 0 Å². The minimum Gasteiger partial charge on any atom is -0.410 e. The van der Waals surface area contributed by atoms with Gasteiger partial charge in [-0.3, -0.25) is 0 Å². The second-order valence-corrected chi connectivity index (χ2v) is 14.1. The van der Waals surface area contributed by atoms with Crippen LogP contribution in [0.25, 0.3) is 0 Å². The molecule has 1 unspecified atom stereocenters. The Morgan fingerprint density at radius 2 is 1.63 bits per heavy atom. The lowest BCUT2D eigenvalue weighted by Gasteiger charge is -2.38. The van der Waals surface area contributed by atoms with Gasteiger partial charge in [0.15, 0.2) is 8.32 Å². The summed E-state index contributed by atoms with van der Waals surface area (Å²) in [5.41, 5.74) is 2.47. The van der Waals surface area contributed by atoms with Crippen molar-refractivity contribution in [2.24, 2.45) is 5.41 Å². The molecule has 0 aliphatic carbocycles. The standard InChI is InChI=1S/C22H36Cl2O2Si/c1-6-27(7-2,8-3)26-20(11-9-10-12-22(5)15-25-16-22)21-18(23)13-17(4)14-19(21)24/h13-14,20H,6-12,15-16H2,1-5H3. The summed E-state index contributed by atoms with van der Waals surface area (Å²) in [6, 6.07) is 7.42. The van der Waals surface area contributed by atoms with Crippen LogP contribution in [0.2, 0.25) is 28.2 Å². The van der Waals surface area contributed by atoms with Crippen LogP contribution in [0.5, 0.6) is 0 Å². The maximum absolute atomic E-state index is 6.89. The SMILES string of the molecule is CC[Si](CC)(CC)OC(CCCCC1(C)COC1)c1c(Cl)cc(C)cc1Cl. The monoisotopic (exact) mass is 430 g/mol. The van der Waals surface area contributed by atoms with Crippen molar-refractivity contribution < 1.29 is 9.16 Å². The molecule has 2 rings (SSSR count). The van der Waals surface area contributed by atoms with Crippen LogP contribution >= 0.6 is 23.2 Å². The van der Waals surface area contributed by atoms with E-state index in [1.165, 1.54) is 12.8 Å². The molecule has 0 N–H and O–H groups in total. The first-order valence-electron chi connectivity index (χ1n) is 10.5. The predicted octanol–water partition coefficient (Wildman–Crippen LogP) is 7.96. The fraction of sp³-hybridized carbons (Fsp3) is 0.727. The second-order valence-electron chi connectivity index (χ2n) is 8.54. The van der Waals surface area contributed by atoms with Crippen molar-refractivity contribution >= 4 is 31.5 Å². The van der Waals surface area contributed by atoms with Gasteiger partial charge in [0.05, 0.1) is 19.3 Å². The van der Waals surface area contributed by atoms with Crippen LogP contribution in [0.3, 0.4) is 0 Å². The van der Waals surface area contributed by atoms with Crippen molar-refractivity contribution in [3.63, 3.8) is 0 Å². The molecule has 0 bridgehead atoms. The zero-order chi connectivity index (χ0) is 20.1. The van der Waals surface area contributed by atoms with Crippen LogP contribution in [-0.4, -0.2) is 21.5 Å². The predicted molar refractivity (Wildman–Crippen MR) is 120 cm³/mol. The number of halogens is 2. The van der Waals surface area contributed by atoms with E-state index in [1.54, 1.807) is 0 Å². The summed E-state index contributed by atoms with van der Waals surface area (Å²) in [5.74, 6) is 0. The van der Waals surface area contributed by atoms with Crippen LogP contribution in [0.15, 0.2) is 12.1 Å². The molecular formula is C22H36Cl2O2Si. The minimum atomic E-state index is -1.75. The van der Waals surface area contributed by atoms with Gasteiger partial charge in [0.2, 0.25) is 0 Å². The molecule has 154 valence electrons. The van der Waals surface area contributed by atoms with E-state index < -0.39 is 8.32 Å². The molecule has 2 nitrogen and oxygen atoms in total. The molecule has 1 heterocycles. The zero-order valence-corrected chi connectivity index (χ0v) is 20.2. The third-order valence-electron chi connectivity index (χ3n) is 6.27. The largest absolute Gasteiger partial charge is 0.410 e. The molecule has 0 saturated carbocycles. The van der Waals surface area contributed by atoms with Crippen molar-refractivity contribution in [3.8, 4) is 0 Å². The van der Waals surface area contributed by atoms with E-state index in [2.05, 4.69) is 27.7 Å². The topological polar surface area (TPSA) is 18.5 Å². The quantitative estimate of drug-likeness (QED) is 0.261. The lowest BCUT2D eigenvalue weighted by Crippen LogP contribution is -2.39. The molecule has 0 radical (unpaired) electrons. The van der Waals surface area contributed by atoms with Gasteiger partial charge in [-0.1, -0.05) is 63.7 Å².